The number of pyridine rings is 1. The van der Waals surface area contributed by atoms with E-state index in [1.54, 1.807) is 12.4 Å². The van der Waals surface area contributed by atoms with Crippen LogP contribution in [0.15, 0.2) is 36.8 Å². The normalized spacial score (nSPS) is 9.07. The molecule has 2 heterocycles. The molecule has 3 nitrogen and oxygen atoms in total. The zero-order valence-corrected chi connectivity index (χ0v) is 8.81. The zero-order chi connectivity index (χ0) is 10.4. The third-order valence-electron chi connectivity index (χ3n) is 1.65. The predicted octanol–water partition coefficient (Wildman–Crippen LogP) is 2.60. The Balaban J connectivity index is 0.000000461. The smallest absolute Gasteiger partial charge is 0.0676 e. The fourth-order valence-electron chi connectivity index (χ4n) is 1.06. The van der Waals surface area contributed by atoms with Crippen LogP contribution in [0.3, 0.4) is 0 Å². The summed E-state index contributed by atoms with van der Waals surface area (Å²) in [4.78, 5) is 3.94. The van der Waals surface area contributed by atoms with Gasteiger partial charge in [-0.05, 0) is 25.1 Å². The minimum atomic E-state index is 1.02. The summed E-state index contributed by atoms with van der Waals surface area (Å²) in [6, 6.07) is 5.82. The first-order valence-corrected chi connectivity index (χ1v) is 4.79. The third kappa shape index (κ3) is 2.42. The first-order chi connectivity index (χ1) is 6.86. The highest BCUT2D eigenvalue weighted by Gasteiger charge is 1.95. The fourth-order valence-corrected chi connectivity index (χ4v) is 1.06. The van der Waals surface area contributed by atoms with Crippen molar-refractivity contribution in [2.45, 2.75) is 20.8 Å². The van der Waals surface area contributed by atoms with E-state index in [0.29, 0.717) is 0 Å². The van der Waals surface area contributed by atoms with Gasteiger partial charge < -0.3 is 0 Å². The molecule has 0 aliphatic rings. The first-order valence-electron chi connectivity index (χ1n) is 4.79. The zero-order valence-electron chi connectivity index (χ0n) is 8.81. The van der Waals surface area contributed by atoms with Gasteiger partial charge in [-0.1, -0.05) is 13.8 Å². The van der Waals surface area contributed by atoms with Crippen molar-refractivity contribution in [2.24, 2.45) is 0 Å². The highest BCUT2D eigenvalue weighted by Crippen LogP contribution is 2.04. The molecule has 0 aliphatic heterocycles. The van der Waals surface area contributed by atoms with Crippen molar-refractivity contribution in [1.29, 1.82) is 0 Å². The lowest BCUT2D eigenvalue weighted by Gasteiger charge is -1.97. The van der Waals surface area contributed by atoms with Crippen LogP contribution in [0.4, 0.5) is 0 Å². The Hall–Kier alpha value is -1.64. The average molecular weight is 189 g/mol. The number of nitrogens with zero attached hydrogens (tertiary/aromatic N) is 3. The third-order valence-corrected chi connectivity index (χ3v) is 1.65. The Morgan fingerprint density at radius 1 is 1.07 bits per heavy atom. The lowest BCUT2D eigenvalue weighted by Crippen LogP contribution is -1.94. The molecule has 0 amide bonds. The lowest BCUT2D eigenvalue weighted by molar-refractivity contribution is 0.860. The molecule has 0 N–H and O–H groups in total. The van der Waals surface area contributed by atoms with E-state index in [1.165, 1.54) is 0 Å². The number of rotatable bonds is 1. The van der Waals surface area contributed by atoms with Crippen molar-refractivity contribution in [3.63, 3.8) is 0 Å². The number of aryl methyl sites for hydroxylation is 1. The van der Waals surface area contributed by atoms with Crippen molar-refractivity contribution in [3.8, 4) is 5.69 Å². The molecule has 0 bridgehead atoms. The van der Waals surface area contributed by atoms with Gasteiger partial charge in [0, 0.05) is 18.6 Å². The predicted molar refractivity (Wildman–Crippen MR) is 57.4 cm³/mol. The molecule has 0 aromatic carbocycles. The summed E-state index contributed by atoms with van der Waals surface area (Å²) in [5.41, 5.74) is 2.06. The molecule has 0 atom stereocenters. The van der Waals surface area contributed by atoms with Crippen molar-refractivity contribution < 1.29 is 0 Å². The van der Waals surface area contributed by atoms with E-state index in [-0.39, 0.29) is 0 Å². The molecule has 0 saturated carbocycles. The highest BCUT2D eigenvalue weighted by molar-refractivity contribution is 5.27. The second kappa shape index (κ2) is 5.17. The van der Waals surface area contributed by atoms with Gasteiger partial charge in [0.1, 0.15) is 0 Å². The monoisotopic (exact) mass is 189 g/mol. The summed E-state index contributed by atoms with van der Waals surface area (Å²) in [6.45, 7) is 5.97. The van der Waals surface area contributed by atoms with Crippen molar-refractivity contribution in [1.82, 2.24) is 14.8 Å². The van der Waals surface area contributed by atoms with Crippen LogP contribution in [-0.4, -0.2) is 14.8 Å². The Morgan fingerprint density at radius 2 is 1.71 bits per heavy atom. The largest absolute Gasteiger partial charge is 0.265 e. The summed E-state index contributed by atoms with van der Waals surface area (Å²) >= 11 is 0. The molecule has 2 aromatic heterocycles. The lowest BCUT2D eigenvalue weighted by atomic mass is 10.4. The summed E-state index contributed by atoms with van der Waals surface area (Å²) in [5, 5.41) is 4.27. The van der Waals surface area contributed by atoms with Crippen molar-refractivity contribution in [2.75, 3.05) is 0 Å². The number of hydrogen-bond donors (Lipinski definition) is 0. The summed E-state index contributed by atoms with van der Waals surface area (Å²) in [5.74, 6) is 0. The van der Waals surface area contributed by atoms with Gasteiger partial charge in [0.15, 0.2) is 0 Å². The van der Waals surface area contributed by atoms with Gasteiger partial charge in [0.05, 0.1) is 11.4 Å². The van der Waals surface area contributed by atoms with Crippen molar-refractivity contribution >= 4 is 0 Å². The van der Waals surface area contributed by atoms with Gasteiger partial charge in [-0.25, -0.2) is 4.68 Å². The van der Waals surface area contributed by atoms with Crippen LogP contribution in [0.5, 0.6) is 0 Å². The Morgan fingerprint density at radius 3 is 2.21 bits per heavy atom. The molecule has 0 radical (unpaired) electrons. The molecule has 2 aromatic rings. The van der Waals surface area contributed by atoms with E-state index in [9.17, 15) is 0 Å². The summed E-state index contributed by atoms with van der Waals surface area (Å²) in [6.07, 6.45) is 5.45. The molecular formula is C11H15N3. The van der Waals surface area contributed by atoms with E-state index in [0.717, 1.165) is 11.4 Å². The summed E-state index contributed by atoms with van der Waals surface area (Å²) in [7, 11) is 0. The minimum Gasteiger partial charge on any atom is -0.265 e. The molecule has 3 heteroatoms. The Bertz CT molecular complexity index is 365. The topological polar surface area (TPSA) is 30.7 Å². The summed E-state index contributed by atoms with van der Waals surface area (Å²) < 4.78 is 1.83. The standard InChI is InChI=1S/C9H9N3.C2H6/c1-8-4-7-12(11-8)9-2-5-10-6-3-9;1-2/h2-7H,1H3;1-2H3. The van der Waals surface area contributed by atoms with E-state index in [2.05, 4.69) is 10.1 Å². The maximum Gasteiger partial charge on any atom is 0.0676 e. The molecule has 0 fully saturated rings. The molecule has 0 aliphatic carbocycles. The number of aromatic nitrogens is 3. The maximum atomic E-state index is 4.27. The van der Waals surface area contributed by atoms with Gasteiger partial charge in [0.2, 0.25) is 0 Å². The molecule has 0 saturated heterocycles. The fraction of sp³-hybridized carbons (Fsp3) is 0.273. The van der Waals surface area contributed by atoms with Crippen LogP contribution in [0, 0.1) is 6.92 Å². The van der Waals surface area contributed by atoms with E-state index >= 15 is 0 Å². The molecule has 0 unspecified atom stereocenters. The minimum absolute atomic E-state index is 1.02. The van der Waals surface area contributed by atoms with Gasteiger partial charge >= 0.3 is 0 Å². The Labute approximate surface area is 84.4 Å². The van der Waals surface area contributed by atoms with Crippen LogP contribution in [-0.2, 0) is 0 Å². The average Bonchev–Trinajstić information content (AvgIpc) is 2.69. The van der Waals surface area contributed by atoms with Crippen molar-refractivity contribution in [3.05, 3.63) is 42.5 Å². The maximum absolute atomic E-state index is 4.27. The quantitative estimate of drug-likeness (QED) is 0.690. The molecule has 14 heavy (non-hydrogen) atoms. The first kappa shape index (κ1) is 10.4. The van der Waals surface area contributed by atoms with E-state index < -0.39 is 0 Å². The number of hydrogen-bond acceptors (Lipinski definition) is 2. The SMILES string of the molecule is CC.Cc1ccn(-c2ccncc2)n1. The van der Waals surface area contributed by atoms with Crippen LogP contribution < -0.4 is 0 Å². The van der Waals surface area contributed by atoms with Gasteiger partial charge in [-0.2, -0.15) is 5.10 Å². The van der Waals surface area contributed by atoms with Gasteiger partial charge in [-0.15, -0.1) is 0 Å². The molecule has 74 valence electrons. The van der Waals surface area contributed by atoms with Crippen LogP contribution in [0.1, 0.15) is 19.5 Å². The second-order valence-electron chi connectivity index (χ2n) is 2.61. The van der Waals surface area contributed by atoms with Crippen LogP contribution in [0.2, 0.25) is 0 Å². The van der Waals surface area contributed by atoms with E-state index in [1.807, 2.05) is 49.8 Å². The van der Waals surface area contributed by atoms with Gasteiger partial charge in [0.25, 0.3) is 0 Å². The highest BCUT2D eigenvalue weighted by atomic mass is 15.3. The Kier molecular flexibility index (Phi) is 3.85. The van der Waals surface area contributed by atoms with Crippen LogP contribution >= 0.6 is 0 Å². The van der Waals surface area contributed by atoms with E-state index in [4.69, 9.17) is 0 Å². The molecular weight excluding hydrogens is 174 g/mol. The molecule has 0 spiro atoms. The second-order valence-corrected chi connectivity index (χ2v) is 2.61. The van der Waals surface area contributed by atoms with Crippen LogP contribution in [0.25, 0.3) is 5.69 Å². The molecule has 2 rings (SSSR count). The van der Waals surface area contributed by atoms with Gasteiger partial charge in [-0.3, -0.25) is 4.98 Å².